The summed E-state index contributed by atoms with van der Waals surface area (Å²) in [6, 6.07) is 2.73. The van der Waals surface area contributed by atoms with Gasteiger partial charge in [0.15, 0.2) is 0 Å². The average Bonchev–Trinajstić information content (AvgIpc) is 2.89. The highest BCUT2D eigenvalue weighted by molar-refractivity contribution is 5.69. The maximum atomic E-state index is 12.7. The van der Waals surface area contributed by atoms with Gasteiger partial charge >= 0.3 is 6.09 Å². The molecule has 0 radical (unpaired) electrons. The fourth-order valence-electron chi connectivity index (χ4n) is 4.24. The number of likely N-dealkylation sites (tertiary alicyclic amines) is 1. The minimum absolute atomic E-state index is 0.00950. The predicted octanol–water partition coefficient (Wildman–Crippen LogP) is 3.39. The van der Waals surface area contributed by atoms with Crippen molar-refractivity contribution in [1.82, 2.24) is 20.0 Å². The van der Waals surface area contributed by atoms with Crippen LogP contribution in [0.3, 0.4) is 0 Å². The van der Waals surface area contributed by atoms with Crippen molar-refractivity contribution in [2.45, 2.75) is 83.0 Å². The quantitative estimate of drug-likeness (QED) is 0.909. The number of nitrogens with one attached hydrogen (secondary N) is 1. The molecular formula is C19H32N4O2. The van der Waals surface area contributed by atoms with Crippen molar-refractivity contribution < 1.29 is 9.53 Å². The number of hydrogen-bond donors (Lipinski definition) is 1. The van der Waals surface area contributed by atoms with Crippen LogP contribution in [0.4, 0.5) is 4.79 Å². The Morgan fingerprint density at radius 3 is 2.68 bits per heavy atom. The van der Waals surface area contributed by atoms with Gasteiger partial charge in [-0.1, -0.05) is 0 Å². The molecule has 2 atom stereocenters. The van der Waals surface area contributed by atoms with Crippen LogP contribution in [0.1, 0.15) is 71.5 Å². The third kappa shape index (κ3) is 3.84. The van der Waals surface area contributed by atoms with Gasteiger partial charge in [0.2, 0.25) is 0 Å². The van der Waals surface area contributed by atoms with E-state index in [1.165, 1.54) is 12.1 Å². The first-order valence-electron chi connectivity index (χ1n) is 9.45. The summed E-state index contributed by atoms with van der Waals surface area (Å²) in [6.45, 7) is 8.75. The molecule has 2 heterocycles. The zero-order valence-electron chi connectivity index (χ0n) is 16.2. The van der Waals surface area contributed by atoms with Gasteiger partial charge in [-0.15, -0.1) is 0 Å². The molecule has 6 nitrogen and oxygen atoms in total. The molecule has 2 fully saturated rings. The summed E-state index contributed by atoms with van der Waals surface area (Å²) in [5.74, 6) is 0. The molecule has 0 aromatic carbocycles. The van der Waals surface area contributed by atoms with E-state index in [1.54, 1.807) is 0 Å². The Kier molecular flexibility index (Phi) is 4.84. The summed E-state index contributed by atoms with van der Waals surface area (Å²) in [5, 5.41) is 8.02. The van der Waals surface area contributed by atoms with Crippen molar-refractivity contribution in [3.8, 4) is 0 Å². The van der Waals surface area contributed by atoms with E-state index in [4.69, 9.17) is 4.74 Å². The normalized spacial score (nSPS) is 24.0. The van der Waals surface area contributed by atoms with E-state index >= 15 is 0 Å². The van der Waals surface area contributed by atoms with Gasteiger partial charge in [-0.2, -0.15) is 5.10 Å². The van der Waals surface area contributed by atoms with Crippen LogP contribution in [-0.4, -0.2) is 44.5 Å². The number of amides is 1. The highest BCUT2D eigenvalue weighted by atomic mass is 16.6. The Hall–Kier alpha value is -1.56. The molecule has 1 amide bonds. The highest BCUT2D eigenvalue weighted by Gasteiger charge is 2.49. The van der Waals surface area contributed by atoms with Crippen LogP contribution in [0, 0.1) is 0 Å². The Bertz CT molecular complexity index is 615. The minimum Gasteiger partial charge on any atom is -0.444 e. The van der Waals surface area contributed by atoms with E-state index in [9.17, 15) is 4.79 Å². The summed E-state index contributed by atoms with van der Waals surface area (Å²) in [6.07, 6.45) is 7.03. The lowest BCUT2D eigenvalue weighted by Gasteiger charge is -2.55. The van der Waals surface area contributed by atoms with Crippen molar-refractivity contribution in [2.24, 2.45) is 7.05 Å². The van der Waals surface area contributed by atoms with Gasteiger partial charge in [0.05, 0.1) is 5.69 Å². The molecule has 1 spiro atoms. The maximum absolute atomic E-state index is 12.7. The van der Waals surface area contributed by atoms with Crippen LogP contribution < -0.4 is 5.32 Å². The first-order valence-corrected chi connectivity index (χ1v) is 9.45. The van der Waals surface area contributed by atoms with Gasteiger partial charge in [0, 0.05) is 37.4 Å². The molecule has 0 bridgehead atoms. The van der Waals surface area contributed by atoms with Gasteiger partial charge in [-0.3, -0.25) is 4.68 Å². The molecule has 6 heteroatoms. The number of hydrogen-bond acceptors (Lipinski definition) is 4. The molecule has 3 rings (SSSR count). The average molecular weight is 348 g/mol. The van der Waals surface area contributed by atoms with E-state index in [-0.39, 0.29) is 17.7 Å². The topological polar surface area (TPSA) is 59.4 Å². The number of rotatable bonds is 3. The standard InChI is InChI=1S/C19H32N4O2/c1-14(16-7-11-20-22(16)5)21-15-8-12-23(17(24)25-18(2,3)4)19(13-15)9-6-10-19/h7,11,14-15,21H,6,8-10,12-13H2,1-5H3. The second-order valence-corrected chi connectivity index (χ2v) is 8.67. The van der Waals surface area contributed by atoms with Crippen LogP contribution in [0.25, 0.3) is 0 Å². The molecule has 1 aliphatic heterocycles. The predicted molar refractivity (Wildman–Crippen MR) is 97.3 cm³/mol. The molecular weight excluding hydrogens is 316 g/mol. The summed E-state index contributed by atoms with van der Waals surface area (Å²) >= 11 is 0. The first kappa shape index (κ1) is 18.2. The van der Waals surface area contributed by atoms with Gasteiger partial charge in [0.25, 0.3) is 0 Å². The Morgan fingerprint density at radius 2 is 2.16 bits per heavy atom. The lowest BCUT2D eigenvalue weighted by molar-refractivity contribution is -0.0500. The van der Waals surface area contributed by atoms with Gasteiger partial charge < -0.3 is 15.0 Å². The van der Waals surface area contributed by atoms with Crippen molar-refractivity contribution in [3.63, 3.8) is 0 Å². The lowest BCUT2D eigenvalue weighted by atomic mass is 9.69. The Labute approximate surface area is 150 Å². The van der Waals surface area contributed by atoms with Crippen LogP contribution >= 0.6 is 0 Å². The Morgan fingerprint density at radius 1 is 1.44 bits per heavy atom. The highest BCUT2D eigenvalue weighted by Crippen LogP contribution is 2.45. The minimum atomic E-state index is -0.439. The van der Waals surface area contributed by atoms with Crippen LogP contribution in [0.2, 0.25) is 0 Å². The summed E-state index contributed by atoms with van der Waals surface area (Å²) in [7, 11) is 1.98. The third-order valence-electron chi connectivity index (χ3n) is 5.59. The summed E-state index contributed by atoms with van der Waals surface area (Å²) < 4.78 is 7.58. The van der Waals surface area contributed by atoms with E-state index in [0.717, 1.165) is 32.2 Å². The third-order valence-corrected chi connectivity index (χ3v) is 5.59. The maximum Gasteiger partial charge on any atom is 0.410 e. The van der Waals surface area contributed by atoms with Gasteiger partial charge in [0.1, 0.15) is 5.60 Å². The van der Waals surface area contributed by atoms with Crippen LogP contribution in [0.15, 0.2) is 12.3 Å². The molecule has 1 saturated carbocycles. The molecule has 1 aromatic heterocycles. The molecule has 1 aromatic rings. The molecule has 1 aliphatic carbocycles. The fraction of sp³-hybridized carbons (Fsp3) is 0.789. The molecule has 1 N–H and O–H groups in total. The fourth-order valence-corrected chi connectivity index (χ4v) is 4.24. The van der Waals surface area contributed by atoms with Crippen molar-refractivity contribution in [1.29, 1.82) is 0 Å². The monoisotopic (exact) mass is 348 g/mol. The zero-order chi connectivity index (χ0) is 18.2. The number of aryl methyl sites for hydroxylation is 1. The van der Waals surface area contributed by atoms with Crippen molar-refractivity contribution in [2.75, 3.05) is 6.54 Å². The lowest BCUT2D eigenvalue weighted by Crippen LogP contribution is -2.63. The van der Waals surface area contributed by atoms with E-state index < -0.39 is 5.60 Å². The molecule has 2 unspecified atom stereocenters. The number of carbonyl (C=O) groups is 1. The number of aromatic nitrogens is 2. The molecule has 1 saturated heterocycles. The van der Waals surface area contributed by atoms with E-state index in [0.29, 0.717) is 6.04 Å². The zero-order valence-corrected chi connectivity index (χ0v) is 16.2. The largest absolute Gasteiger partial charge is 0.444 e. The van der Waals surface area contributed by atoms with Gasteiger partial charge in [-0.05, 0) is 65.9 Å². The molecule has 25 heavy (non-hydrogen) atoms. The van der Waals surface area contributed by atoms with E-state index in [1.807, 2.05) is 43.6 Å². The van der Waals surface area contributed by atoms with Crippen molar-refractivity contribution in [3.05, 3.63) is 18.0 Å². The number of piperidine rings is 1. The number of nitrogens with zero attached hydrogens (tertiary/aromatic N) is 3. The SMILES string of the molecule is CC(NC1CCN(C(=O)OC(C)(C)C)C2(CCC2)C1)c1ccnn1C. The Balaban J connectivity index is 1.64. The van der Waals surface area contributed by atoms with Crippen LogP contribution in [-0.2, 0) is 11.8 Å². The summed E-state index contributed by atoms with van der Waals surface area (Å²) in [4.78, 5) is 14.7. The molecule has 2 aliphatic rings. The van der Waals surface area contributed by atoms with Crippen LogP contribution in [0.5, 0.6) is 0 Å². The second-order valence-electron chi connectivity index (χ2n) is 8.67. The van der Waals surface area contributed by atoms with Gasteiger partial charge in [-0.25, -0.2) is 4.79 Å². The number of ether oxygens (including phenoxy) is 1. The smallest absolute Gasteiger partial charge is 0.410 e. The van der Waals surface area contributed by atoms with E-state index in [2.05, 4.69) is 23.4 Å². The first-order chi connectivity index (χ1) is 11.7. The molecule has 140 valence electrons. The van der Waals surface area contributed by atoms with Crippen molar-refractivity contribution >= 4 is 6.09 Å². The summed E-state index contributed by atoms with van der Waals surface area (Å²) in [5.41, 5.74) is 0.743. The number of carbonyl (C=O) groups excluding carboxylic acids is 1. The second kappa shape index (κ2) is 6.63.